The van der Waals surface area contributed by atoms with Gasteiger partial charge in [-0.2, -0.15) is 0 Å². The zero-order valence-electron chi connectivity index (χ0n) is 23.5. The Morgan fingerprint density at radius 1 is 1.05 bits per heavy atom. The van der Waals surface area contributed by atoms with Crippen LogP contribution in [0.4, 0.5) is 4.79 Å². The second-order valence-corrected chi connectivity index (χ2v) is 12.5. The third-order valence-electron chi connectivity index (χ3n) is 5.76. The maximum Gasteiger partial charge on any atom is 0.411 e. The van der Waals surface area contributed by atoms with E-state index in [0.29, 0.717) is 16.5 Å². The molecule has 0 radical (unpaired) electrons. The van der Waals surface area contributed by atoms with Crippen molar-refractivity contribution in [3.8, 4) is 0 Å². The number of oxime groups is 2. The lowest BCUT2D eigenvalue weighted by molar-refractivity contribution is -0.160. The highest BCUT2D eigenvalue weighted by Crippen LogP contribution is 2.40. The minimum Gasteiger partial charge on any atom is -0.458 e. The van der Waals surface area contributed by atoms with Crippen molar-refractivity contribution in [2.45, 2.75) is 77.2 Å². The number of nitrogens with zero attached hydrogens (tertiary/aromatic N) is 3. The van der Waals surface area contributed by atoms with E-state index >= 15 is 0 Å². The normalized spacial score (nSPS) is 20.6. The summed E-state index contributed by atoms with van der Waals surface area (Å²) in [4.78, 5) is 33.0. The molecule has 0 saturated carbocycles. The minimum atomic E-state index is -0.812. The van der Waals surface area contributed by atoms with Crippen molar-refractivity contribution in [2.24, 2.45) is 10.3 Å². The largest absolute Gasteiger partial charge is 0.458 e. The van der Waals surface area contributed by atoms with E-state index in [1.165, 1.54) is 11.1 Å². The molecule has 1 fully saturated rings. The molecular weight excluding hydrogens is 557 g/mol. The van der Waals surface area contributed by atoms with Gasteiger partial charge in [0.25, 0.3) is 0 Å². The van der Waals surface area contributed by atoms with Crippen LogP contribution >= 0.6 is 23.2 Å². The van der Waals surface area contributed by atoms with Crippen LogP contribution in [0.25, 0.3) is 0 Å². The fourth-order valence-corrected chi connectivity index (χ4v) is 4.62. The Balaban J connectivity index is 0.000000371. The first-order valence-corrected chi connectivity index (χ1v) is 13.5. The Morgan fingerprint density at radius 2 is 1.68 bits per heavy atom. The zero-order chi connectivity index (χ0) is 29.7. The van der Waals surface area contributed by atoms with Gasteiger partial charge in [-0.1, -0.05) is 57.8 Å². The molecule has 4 rings (SSSR count). The van der Waals surface area contributed by atoms with Crippen LogP contribution in [0.1, 0.15) is 65.5 Å². The predicted octanol–water partition coefficient (Wildman–Crippen LogP) is 6.70. The molecule has 0 aromatic heterocycles. The summed E-state index contributed by atoms with van der Waals surface area (Å²) in [5.41, 5.74) is 0.191. The topological polar surface area (TPSA) is 110 Å². The van der Waals surface area contributed by atoms with Crippen molar-refractivity contribution in [1.82, 2.24) is 4.90 Å². The molecule has 2 atom stereocenters. The first-order valence-electron chi connectivity index (χ1n) is 12.8. The highest BCUT2D eigenvalue weighted by molar-refractivity contribution is 6.31. The van der Waals surface area contributed by atoms with Crippen LogP contribution in [-0.2, 0) is 19.1 Å². The van der Waals surface area contributed by atoms with Crippen LogP contribution in [-0.4, -0.2) is 63.5 Å². The Bertz CT molecular complexity index is 1250. The number of ether oxygens (including phenoxy) is 2. The van der Waals surface area contributed by atoms with Gasteiger partial charge in [-0.15, -0.1) is 0 Å². The zero-order valence-corrected chi connectivity index (χ0v) is 25.0. The van der Waals surface area contributed by atoms with E-state index in [2.05, 4.69) is 10.3 Å². The molecule has 1 saturated heterocycles. The summed E-state index contributed by atoms with van der Waals surface area (Å²) in [6.07, 6.45) is 1.47. The van der Waals surface area contributed by atoms with Crippen LogP contribution in [0.2, 0.25) is 10.0 Å². The number of likely N-dealkylation sites (tertiary alicyclic amines) is 1. The standard InChI is InChI=1S/C22H29ClN2O5.C7H6ClNO/c1-20(2,3)28-18(26)17-12-22(13-25(17)19(27)29-21(4,5)6)11-16(24-30-22)14-8-7-9-15(23)10-14;8-7-3-1-2-6(4-7)5-9-10/h7-10,17H,11-13H2,1-6H3;1-5,10H/t17-,22+;/m0./s1. The average molecular weight is 593 g/mol. The molecule has 9 nitrogen and oxygen atoms in total. The number of carbonyl (C=O) groups excluding carboxylic acids is 2. The van der Waals surface area contributed by atoms with Gasteiger partial charge < -0.3 is 19.5 Å². The van der Waals surface area contributed by atoms with Crippen molar-refractivity contribution in [1.29, 1.82) is 0 Å². The molecule has 2 aliphatic rings. The van der Waals surface area contributed by atoms with E-state index in [9.17, 15) is 9.59 Å². The summed E-state index contributed by atoms with van der Waals surface area (Å²) in [6.45, 7) is 10.9. The monoisotopic (exact) mass is 591 g/mol. The van der Waals surface area contributed by atoms with Gasteiger partial charge in [0.2, 0.25) is 0 Å². The fraction of sp³-hybridized carbons (Fsp3) is 0.448. The highest BCUT2D eigenvalue weighted by atomic mass is 35.5. The van der Waals surface area contributed by atoms with Crippen LogP contribution < -0.4 is 0 Å². The molecule has 2 aromatic rings. The van der Waals surface area contributed by atoms with Gasteiger partial charge in [0, 0.05) is 28.5 Å². The Hall–Kier alpha value is -3.30. The minimum absolute atomic E-state index is 0.180. The third kappa shape index (κ3) is 8.86. The molecule has 2 heterocycles. The first kappa shape index (κ1) is 31.2. The lowest BCUT2D eigenvalue weighted by Gasteiger charge is -2.29. The van der Waals surface area contributed by atoms with Crippen molar-refractivity contribution >= 4 is 47.2 Å². The molecule has 2 aliphatic heterocycles. The van der Waals surface area contributed by atoms with E-state index in [4.69, 9.17) is 42.7 Å². The third-order valence-corrected chi connectivity index (χ3v) is 6.23. The molecule has 1 amide bonds. The number of hydrogen-bond donors (Lipinski definition) is 1. The van der Waals surface area contributed by atoms with E-state index < -0.39 is 34.9 Å². The molecule has 11 heteroatoms. The van der Waals surface area contributed by atoms with Gasteiger partial charge in [0.05, 0.1) is 18.5 Å². The number of esters is 1. The summed E-state index contributed by atoms with van der Waals surface area (Å²) < 4.78 is 11.1. The molecule has 0 aliphatic carbocycles. The van der Waals surface area contributed by atoms with Crippen LogP contribution in [0, 0.1) is 0 Å². The Morgan fingerprint density at radius 3 is 2.25 bits per heavy atom. The highest BCUT2D eigenvalue weighted by Gasteiger charge is 2.55. The Kier molecular flexibility index (Phi) is 9.74. The van der Waals surface area contributed by atoms with Crippen molar-refractivity contribution in [3.05, 3.63) is 69.7 Å². The maximum atomic E-state index is 12.9. The molecule has 40 heavy (non-hydrogen) atoms. The van der Waals surface area contributed by atoms with Gasteiger partial charge >= 0.3 is 12.1 Å². The quantitative estimate of drug-likeness (QED) is 0.184. The first-order chi connectivity index (χ1) is 18.6. The smallest absolute Gasteiger partial charge is 0.411 e. The van der Waals surface area contributed by atoms with Gasteiger partial charge in [0.15, 0.2) is 5.60 Å². The van der Waals surface area contributed by atoms with Gasteiger partial charge in [-0.25, -0.2) is 9.59 Å². The number of hydrogen-bond acceptors (Lipinski definition) is 8. The van der Waals surface area contributed by atoms with Crippen molar-refractivity contribution < 1.29 is 29.1 Å². The van der Waals surface area contributed by atoms with E-state index in [0.717, 1.165) is 16.8 Å². The van der Waals surface area contributed by atoms with E-state index in [-0.39, 0.29) is 13.0 Å². The molecule has 0 unspecified atom stereocenters. The van der Waals surface area contributed by atoms with Gasteiger partial charge in [0.1, 0.15) is 17.2 Å². The molecule has 2 aromatic carbocycles. The lowest BCUT2D eigenvalue weighted by atomic mass is 9.92. The van der Waals surface area contributed by atoms with Crippen LogP contribution in [0.15, 0.2) is 58.8 Å². The summed E-state index contributed by atoms with van der Waals surface area (Å²) in [5.74, 6) is -0.481. The summed E-state index contributed by atoms with van der Waals surface area (Å²) >= 11 is 11.7. The van der Waals surface area contributed by atoms with Gasteiger partial charge in [-0.3, -0.25) is 4.90 Å². The second kappa shape index (κ2) is 12.5. The van der Waals surface area contributed by atoms with E-state index in [1.807, 2.05) is 18.2 Å². The molecular formula is C29H35Cl2N3O6. The van der Waals surface area contributed by atoms with Crippen molar-refractivity contribution in [3.63, 3.8) is 0 Å². The van der Waals surface area contributed by atoms with Gasteiger partial charge in [-0.05, 0) is 71.4 Å². The fourth-order valence-electron chi connectivity index (χ4n) is 4.23. The molecule has 0 bridgehead atoms. The lowest BCUT2D eigenvalue weighted by Crippen LogP contribution is -2.46. The number of rotatable bonds is 3. The number of amides is 1. The second-order valence-electron chi connectivity index (χ2n) is 11.7. The summed E-state index contributed by atoms with van der Waals surface area (Å²) in [5, 5.41) is 16.5. The summed E-state index contributed by atoms with van der Waals surface area (Å²) in [6, 6.07) is 13.6. The summed E-state index contributed by atoms with van der Waals surface area (Å²) in [7, 11) is 0. The van der Waals surface area contributed by atoms with Crippen molar-refractivity contribution in [2.75, 3.05) is 6.54 Å². The number of benzene rings is 2. The van der Waals surface area contributed by atoms with E-state index in [1.54, 1.807) is 71.9 Å². The number of carbonyl (C=O) groups is 2. The molecule has 216 valence electrons. The van der Waals surface area contributed by atoms with Crippen LogP contribution in [0.3, 0.4) is 0 Å². The maximum absolute atomic E-state index is 12.9. The molecule has 1 N–H and O–H groups in total. The molecule has 1 spiro atoms. The Labute approximate surface area is 244 Å². The van der Waals surface area contributed by atoms with Crippen LogP contribution in [0.5, 0.6) is 0 Å². The predicted molar refractivity (Wildman–Crippen MR) is 154 cm³/mol. The SMILES string of the molecule is CC(C)(C)OC(=O)[C@@H]1C[C@]2(CC(c3cccc(Cl)c3)=NO2)CN1C(=O)OC(C)(C)C.ON=Cc1cccc(Cl)c1. The number of halogens is 2. The average Bonchev–Trinajstić information content (AvgIpc) is 3.42.